The molecule has 3 rings (SSSR count). The van der Waals surface area contributed by atoms with Crippen LogP contribution in [-0.2, 0) is 6.42 Å². The fourth-order valence-electron chi connectivity index (χ4n) is 2.98. The second-order valence-corrected chi connectivity index (χ2v) is 6.01. The highest BCUT2D eigenvalue weighted by Gasteiger charge is 2.23. The van der Waals surface area contributed by atoms with Crippen LogP contribution in [0.4, 0.5) is 0 Å². The smallest absolute Gasteiger partial charge is 0.0755 e. The van der Waals surface area contributed by atoms with E-state index in [9.17, 15) is 5.11 Å². The van der Waals surface area contributed by atoms with Gasteiger partial charge in [-0.2, -0.15) is 0 Å². The number of halogens is 1. The topological polar surface area (TPSA) is 46.2 Å². The van der Waals surface area contributed by atoms with Gasteiger partial charge in [0.15, 0.2) is 0 Å². The van der Waals surface area contributed by atoms with E-state index in [1.807, 2.05) is 13.8 Å². The number of fused-ring (bicyclic) bond motifs is 3. The Balaban J connectivity index is 0.00000161. The van der Waals surface area contributed by atoms with E-state index in [0.29, 0.717) is 0 Å². The molecule has 0 aromatic heterocycles. The fraction of sp³-hybridized carbons (Fsp3) is 0.333. The van der Waals surface area contributed by atoms with E-state index < -0.39 is 6.10 Å². The van der Waals surface area contributed by atoms with E-state index in [1.165, 1.54) is 22.3 Å². The monoisotopic (exact) mass is 303 g/mol. The van der Waals surface area contributed by atoms with Gasteiger partial charge in [0.1, 0.15) is 0 Å². The van der Waals surface area contributed by atoms with Gasteiger partial charge in [0.05, 0.1) is 12.1 Å². The third kappa shape index (κ3) is 2.84. The zero-order valence-electron chi connectivity index (χ0n) is 12.4. The molecule has 0 saturated carbocycles. The Morgan fingerprint density at radius 3 is 2.38 bits per heavy atom. The molecule has 0 heterocycles. The number of aliphatic hydroxyl groups excluding tert-OH is 1. The van der Waals surface area contributed by atoms with Gasteiger partial charge in [-0.1, -0.05) is 56.3 Å². The lowest BCUT2D eigenvalue weighted by molar-refractivity contribution is 0.0979. The molecule has 0 aliphatic heterocycles. The van der Waals surface area contributed by atoms with Crippen LogP contribution in [-0.4, -0.2) is 11.2 Å². The summed E-state index contributed by atoms with van der Waals surface area (Å²) in [5, 5.41) is 10.1. The molecule has 3 N–H and O–H groups in total. The normalized spacial score (nSPS) is 15.1. The van der Waals surface area contributed by atoms with Gasteiger partial charge in [-0.15, -0.1) is 12.4 Å². The maximum atomic E-state index is 10.1. The van der Waals surface area contributed by atoms with Gasteiger partial charge in [-0.05, 0) is 40.2 Å². The molecule has 2 atom stereocenters. The van der Waals surface area contributed by atoms with Crippen LogP contribution in [0, 0.1) is 5.92 Å². The quantitative estimate of drug-likeness (QED) is 0.775. The molecule has 2 aromatic carbocycles. The van der Waals surface area contributed by atoms with Gasteiger partial charge >= 0.3 is 0 Å². The van der Waals surface area contributed by atoms with Crippen molar-refractivity contribution in [3.63, 3.8) is 0 Å². The van der Waals surface area contributed by atoms with Crippen LogP contribution in [0.25, 0.3) is 11.1 Å². The molecule has 0 amide bonds. The van der Waals surface area contributed by atoms with Gasteiger partial charge in [-0.3, -0.25) is 0 Å². The third-order valence-corrected chi connectivity index (χ3v) is 4.25. The van der Waals surface area contributed by atoms with Crippen molar-refractivity contribution in [2.75, 3.05) is 0 Å². The van der Waals surface area contributed by atoms with Crippen molar-refractivity contribution < 1.29 is 5.11 Å². The molecule has 2 nitrogen and oxygen atoms in total. The molecular formula is C18H22ClNO. The molecule has 112 valence electrons. The van der Waals surface area contributed by atoms with Crippen molar-refractivity contribution in [3.05, 3.63) is 59.2 Å². The Bertz CT molecular complexity index is 639. The Morgan fingerprint density at radius 2 is 1.67 bits per heavy atom. The van der Waals surface area contributed by atoms with Crippen LogP contribution >= 0.6 is 12.4 Å². The molecule has 1 aliphatic carbocycles. The second-order valence-electron chi connectivity index (χ2n) is 6.01. The van der Waals surface area contributed by atoms with Gasteiger partial charge in [0.25, 0.3) is 0 Å². The van der Waals surface area contributed by atoms with Crippen molar-refractivity contribution >= 4 is 12.4 Å². The van der Waals surface area contributed by atoms with Gasteiger partial charge < -0.3 is 10.8 Å². The molecule has 0 saturated heterocycles. The van der Waals surface area contributed by atoms with Crippen LogP contribution in [0.2, 0.25) is 0 Å². The lowest BCUT2D eigenvalue weighted by Gasteiger charge is -2.23. The lowest BCUT2D eigenvalue weighted by atomic mass is 9.92. The zero-order chi connectivity index (χ0) is 14.3. The Hall–Kier alpha value is -1.35. The van der Waals surface area contributed by atoms with E-state index in [4.69, 9.17) is 5.73 Å². The first-order chi connectivity index (χ1) is 9.58. The van der Waals surface area contributed by atoms with E-state index >= 15 is 0 Å². The Morgan fingerprint density at radius 1 is 1.00 bits per heavy atom. The number of benzene rings is 2. The highest BCUT2D eigenvalue weighted by Crippen LogP contribution is 2.37. The fourth-order valence-corrected chi connectivity index (χ4v) is 2.98. The first-order valence-corrected chi connectivity index (χ1v) is 7.22. The van der Waals surface area contributed by atoms with Crippen LogP contribution in [0.5, 0.6) is 0 Å². The number of hydrogen-bond donors (Lipinski definition) is 2. The summed E-state index contributed by atoms with van der Waals surface area (Å²) in [5.41, 5.74) is 12.5. The number of nitrogens with two attached hydrogens (primary N) is 1. The molecule has 21 heavy (non-hydrogen) atoms. The zero-order valence-corrected chi connectivity index (χ0v) is 13.2. The van der Waals surface area contributed by atoms with Crippen molar-refractivity contribution in [2.45, 2.75) is 32.4 Å². The van der Waals surface area contributed by atoms with Crippen LogP contribution in [0.15, 0.2) is 42.5 Å². The minimum Gasteiger partial charge on any atom is -0.391 e. The molecular weight excluding hydrogens is 282 g/mol. The highest BCUT2D eigenvalue weighted by molar-refractivity contribution is 5.85. The predicted octanol–water partition coefficient (Wildman–Crippen LogP) is 3.70. The van der Waals surface area contributed by atoms with E-state index in [0.717, 1.165) is 12.0 Å². The summed E-state index contributed by atoms with van der Waals surface area (Å²) < 4.78 is 0. The van der Waals surface area contributed by atoms with Crippen LogP contribution in [0.1, 0.15) is 36.6 Å². The summed E-state index contributed by atoms with van der Waals surface area (Å²) >= 11 is 0. The standard InChI is InChI=1S/C18H21NO.ClH/c1-11(2)18(20)17(19)13-7-8-16-14(10-13)9-12-5-3-4-6-15(12)16;/h3-8,10-11,17-18,20H,9,19H2,1-2H3;1H/t17-,18+;/m0./s1. The SMILES string of the molecule is CC(C)[C@@H](O)[C@@H](N)c1ccc2c(c1)Cc1ccccc1-2.Cl. The summed E-state index contributed by atoms with van der Waals surface area (Å²) in [4.78, 5) is 0. The maximum Gasteiger partial charge on any atom is 0.0755 e. The lowest BCUT2D eigenvalue weighted by Crippen LogP contribution is -2.30. The first kappa shape index (κ1) is 16.0. The second kappa shape index (κ2) is 6.18. The van der Waals surface area contributed by atoms with Crippen molar-refractivity contribution in [1.82, 2.24) is 0 Å². The average Bonchev–Trinajstić information content (AvgIpc) is 2.83. The first-order valence-electron chi connectivity index (χ1n) is 7.22. The minimum atomic E-state index is -0.503. The number of rotatable bonds is 3. The molecule has 0 fully saturated rings. The maximum absolute atomic E-state index is 10.1. The van der Waals surface area contributed by atoms with E-state index in [-0.39, 0.29) is 24.4 Å². The summed E-state index contributed by atoms with van der Waals surface area (Å²) in [6.07, 6.45) is 0.459. The number of aliphatic hydroxyl groups is 1. The van der Waals surface area contributed by atoms with Crippen LogP contribution in [0.3, 0.4) is 0 Å². The third-order valence-electron chi connectivity index (χ3n) is 4.25. The van der Waals surface area contributed by atoms with Crippen LogP contribution < -0.4 is 5.73 Å². The summed E-state index contributed by atoms with van der Waals surface area (Å²) in [5.74, 6) is 0.162. The predicted molar refractivity (Wildman–Crippen MR) is 89.7 cm³/mol. The summed E-state index contributed by atoms with van der Waals surface area (Å²) in [6, 6.07) is 14.5. The van der Waals surface area contributed by atoms with E-state index in [1.54, 1.807) is 0 Å². The Kier molecular flexibility index (Phi) is 4.72. The van der Waals surface area contributed by atoms with Crippen molar-refractivity contribution in [3.8, 4) is 11.1 Å². The van der Waals surface area contributed by atoms with Crippen molar-refractivity contribution in [2.24, 2.45) is 11.7 Å². The molecule has 1 aliphatic rings. The van der Waals surface area contributed by atoms with Crippen molar-refractivity contribution in [1.29, 1.82) is 0 Å². The molecule has 3 heteroatoms. The Labute approximate surface area is 132 Å². The highest BCUT2D eigenvalue weighted by atomic mass is 35.5. The van der Waals surface area contributed by atoms with Gasteiger partial charge in [0, 0.05) is 0 Å². The number of hydrogen-bond acceptors (Lipinski definition) is 2. The molecule has 0 radical (unpaired) electrons. The average molecular weight is 304 g/mol. The molecule has 0 bridgehead atoms. The van der Waals surface area contributed by atoms with Gasteiger partial charge in [-0.25, -0.2) is 0 Å². The van der Waals surface area contributed by atoms with Gasteiger partial charge in [0.2, 0.25) is 0 Å². The minimum absolute atomic E-state index is 0. The summed E-state index contributed by atoms with van der Waals surface area (Å²) in [6.45, 7) is 3.99. The molecule has 0 spiro atoms. The largest absolute Gasteiger partial charge is 0.391 e. The summed E-state index contributed by atoms with van der Waals surface area (Å²) in [7, 11) is 0. The molecule has 0 unspecified atom stereocenters. The molecule has 2 aromatic rings. The van der Waals surface area contributed by atoms with E-state index in [2.05, 4.69) is 42.5 Å².